The number of hydrogen-bond acceptors (Lipinski definition) is 6. The molecule has 2 aromatic carbocycles. The highest BCUT2D eigenvalue weighted by molar-refractivity contribution is 7.90. The monoisotopic (exact) mass is 618 g/mol. The standard InChI is InChI=1S/C33H47ClN2O5S/c1-6-8-10-31(40-5)29-14-11-25(29)19-36-20-26(28-15-13-27(34)17-23(28)9-7-2)21-41-32-16-12-24(18-30(32)36)33(37)35-42(38,39)22(3)4/h12-13,15-18,22,25-26,29,31H,6-11,14,19-21H2,1-5H3,(H,35,37). The summed E-state index contributed by atoms with van der Waals surface area (Å²) >= 11 is 6.39. The van der Waals surface area contributed by atoms with Crippen LogP contribution in [0, 0.1) is 11.8 Å². The lowest BCUT2D eigenvalue weighted by Gasteiger charge is -2.44. The first-order valence-electron chi connectivity index (χ1n) is 15.5. The first-order valence-corrected chi connectivity index (χ1v) is 17.4. The van der Waals surface area contributed by atoms with E-state index < -0.39 is 21.2 Å². The Kier molecular flexibility index (Phi) is 11.2. The number of rotatable bonds is 13. The van der Waals surface area contributed by atoms with Crippen molar-refractivity contribution in [1.82, 2.24) is 4.72 Å². The second-order valence-corrected chi connectivity index (χ2v) is 14.8. The van der Waals surface area contributed by atoms with Crippen LogP contribution in [0.3, 0.4) is 0 Å². The maximum Gasteiger partial charge on any atom is 0.264 e. The van der Waals surface area contributed by atoms with Crippen molar-refractivity contribution in [3.8, 4) is 5.75 Å². The van der Waals surface area contributed by atoms with Gasteiger partial charge in [-0.1, -0.05) is 50.8 Å². The van der Waals surface area contributed by atoms with Crippen molar-refractivity contribution in [1.29, 1.82) is 0 Å². The van der Waals surface area contributed by atoms with Crippen LogP contribution in [0.5, 0.6) is 5.75 Å². The van der Waals surface area contributed by atoms with Gasteiger partial charge in [0.05, 0.1) is 23.6 Å². The molecule has 1 saturated carbocycles. The van der Waals surface area contributed by atoms with E-state index in [0.717, 1.165) is 68.7 Å². The highest BCUT2D eigenvalue weighted by Crippen LogP contribution is 2.43. The summed E-state index contributed by atoms with van der Waals surface area (Å²) < 4.78 is 39.5. The van der Waals surface area contributed by atoms with Gasteiger partial charge in [0, 0.05) is 36.7 Å². The van der Waals surface area contributed by atoms with E-state index in [4.69, 9.17) is 21.1 Å². The SMILES string of the molecule is CCCCC(OC)C1CCC1CN1CC(c2ccc(Cl)cc2CCC)COc2ccc(C(=O)NS(=O)(=O)C(C)C)cc21. The molecule has 1 amide bonds. The molecule has 1 heterocycles. The number of aryl methyl sites for hydroxylation is 1. The molecule has 42 heavy (non-hydrogen) atoms. The molecule has 1 aliphatic heterocycles. The van der Waals surface area contributed by atoms with Crippen molar-refractivity contribution in [3.05, 3.63) is 58.1 Å². The Morgan fingerprint density at radius 2 is 1.93 bits per heavy atom. The summed E-state index contributed by atoms with van der Waals surface area (Å²) in [6, 6.07) is 11.4. The van der Waals surface area contributed by atoms with Gasteiger partial charge in [0.1, 0.15) is 5.75 Å². The number of halogens is 1. The van der Waals surface area contributed by atoms with Crippen molar-refractivity contribution in [2.75, 3.05) is 31.7 Å². The number of nitrogens with zero attached hydrogens (tertiary/aromatic N) is 1. The number of carbonyl (C=O) groups excluding carboxylic acids is 1. The van der Waals surface area contributed by atoms with E-state index >= 15 is 0 Å². The molecule has 0 bridgehead atoms. The number of amides is 1. The molecule has 4 unspecified atom stereocenters. The molecule has 1 N–H and O–H groups in total. The zero-order chi connectivity index (χ0) is 30.4. The minimum absolute atomic E-state index is 0.103. The first kappa shape index (κ1) is 32.6. The van der Waals surface area contributed by atoms with Gasteiger partial charge < -0.3 is 14.4 Å². The lowest BCUT2D eigenvalue weighted by Crippen LogP contribution is -2.45. The van der Waals surface area contributed by atoms with Crippen molar-refractivity contribution >= 4 is 33.2 Å². The van der Waals surface area contributed by atoms with Gasteiger partial charge in [-0.2, -0.15) is 0 Å². The number of carbonyl (C=O) groups is 1. The van der Waals surface area contributed by atoms with Crippen LogP contribution in [0.15, 0.2) is 36.4 Å². The van der Waals surface area contributed by atoms with Crippen LogP contribution < -0.4 is 14.4 Å². The van der Waals surface area contributed by atoms with Crippen LogP contribution in [0.2, 0.25) is 5.02 Å². The van der Waals surface area contributed by atoms with Gasteiger partial charge in [-0.15, -0.1) is 0 Å². The van der Waals surface area contributed by atoms with E-state index in [1.165, 1.54) is 11.1 Å². The smallest absolute Gasteiger partial charge is 0.264 e. The van der Waals surface area contributed by atoms with Crippen molar-refractivity contribution in [2.24, 2.45) is 11.8 Å². The molecule has 4 atom stereocenters. The van der Waals surface area contributed by atoms with Gasteiger partial charge in [-0.3, -0.25) is 4.79 Å². The maximum atomic E-state index is 13.1. The predicted octanol–water partition coefficient (Wildman–Crippen LogP) is 6.97. The largest absolute Gasteiger partial charge is 0.491 e. The Balaban J connectivity index is 1.68. The van der Waals surface area contributed by atoms with Crippen LogP contribution in [-0.2, 0) is 21.2 Å². The van der Waals surface area contributed by atoms with Gasteiger partial charge in [-0.05, 0) is 92.8 Å². The fourth-order valence-electron chi connectivity index (χ4n) is 6.27. The minimum atomic E-state index is -3.76. The number of hydrogen-bond donors (Lipinski definition) is 1. The molecule has 9 heteroatoms. The van der Waals surface area contributed by atoms with Gasteiger partial charge in [0.15, 0.2) is 0 Å². The third-order valence-corrected chi connectivity index (χ3v) is 10.9. The minimum Gasteiger partial charge on any atom is -0.491 e. The van der Waals surface area contributed by atoms with E-state index in [2.05, 4.69) is 35.6 Å². The van der Waals surface area contributed by atoms with Crippen LogP contribution >= 0.6 is 11.6 Å². The summed E-state index contributed by atoms with van der Waals surface area (Å²) in [4.78, 5) is 15.4. The Morgan fingerprint density at radius 1 is 1.14 bits per heavy atom. The van der Waals surface area contributed by atoms with E-state index in [1.807, 2.05) is 13.2 Å². The number of methoxy groups -OCH3 is 1. The number of benzene rings is 2. The van der Waals surface area contributed by atoms with Crippen molar-refractivity contribution in [3.63, 3.8) is 0 Å². The maximum absolute atomic E-state index is 13.1. The van der Waals surface area contributed by atoms with Crippen molar-refractivity contribution < 1.29 is 22.7 Å². The number of fused-ring (bicyclic) bond motifs is 1. The van der Waals surface area contributed by atoms with Gasteiger partial charge in [0.2, 0.25) is 10.0 Å². The molecule has 1 fully saturated rings. The zero-order valence-corrected chi connectivity index (χ0v) is 27.3. The molecule has 0 aromatic heterocycles. The molecule has 1 aliphatic carbocycles. The number of nitrogens with one attached hydrogen (secondary N) is 1. The summed E-state index contributed by atoms with van der Waals surface area (Å²) in [5.74, 6) is 1.12. The Bertz CT molecular complexity index is 1330. The van der Waals surface area contributed by atoms with Crippen LogP contribution in [-0.4, -0.2) is 52.5 Å². The van der Waals surface area contributed by atoms with E-state index in [0.29, 0.717) is 29.8 Å². The number of unbranched alkanes of at least 4 members (excludes halogenated alkanes) is 1. The highest BCUT2D eigenvalue weighted by Gasteiger charge is 2.39. The first-order chi connectivity index (χ1) is 20.1. The summed E-state index contributed by atoms with van der Waals surface area (Å²) in [6.45, 7) is 9.52. The molecule has 2 aliphatic rings. The summed E-state index contributed by atoms with van der Waals surface area (Å²) in [5.41, 5.74) is 3.60. The van der Waals surface area contributed by atoms with E-state index in [-0.39, 0.29) is 12.0 Å². The van der Waals surface area contributed by atoms with Gasteiger partial charge >= 0.3 is 0 Å². The van der Waals surface area contributed by atoms with Crippen molar-refractivity contribution in [2.45, 2.75) is 89.9 Å². The Morgan fingerprint density at radius 3 is 2.57 bits per heavy atom. The third-order valence-electron chi connectivity index (χ3n) is 8.92. The van der Waals surface area contributed by atoms with Crippen LogP contribution in [0.25, 0.3) is 0 Å². The van der Waals surface area contributed by atoms with E-state index in [9.17, 15) is 13.2 Å². The average molecular weight is 619 g/mol. The lowest BCUT2D eigenvalue weighted by atomic mass is 9.69. The molecule has 0 radical (unpaired) electrons. The Labute approximate surface area is 257 Å². The molecular weight excluding hydrogens is 572 g/mol. The van der Waals surface area contributed by atoms with E-state index in [1.54, 1.807) is 32.0 Å². The predicted molar refractivity (Wildman–Crippen MR) is 170 cm³/mol. The second-order valence-electron chi connectivity index (χ2n) is 12.1. The molecular formula is C33H47ClN2O5S. The van der Waals surface area contributed by atoms with Gasteiger partial charge in [-0.25, -0.2) is 13.1 Å². The summed E-state index contributed by atoms with van der Waals surface area (Å²) in [5, 5.41) is 0.0235. The van der Waals surface area contributed by atoms with Crippen LogP contribution in [0.4, 0.5) is 5.69 Å². The lowest BCUT2D eigenvalue weighted by molar-refractivity contribution is -0.0216. The molecule has 0 saturated heterocycles. The topological polar surface area (TPSA) is 84.9 Å². The highest BCUT2D eigenvalue weighted by atomic mass is 35.5. The fourth-order valence-corrected chi connectivity index (χ4v) is 7.07. The number of sulfonamides is 1. The zero-order valence-electron chi connectivity index (χ0n) is 25.7. The molecule has 0 spiro atoms. The number of anilines is 1. The van der Waals surface area contributed by atoms with Crippen LogP contribution in [0.1, 0.15) is 93.6 Å². The number of ether oxygens (including phenoxy) is 2. The molecule has 2 aromatic rings. The summed E-state index contributed by atoms with van der Waals surface area (Å²) in [6.07, 6.45) is 7.84. The fraction of sp³-hybridized carbons (Fsp3) is 0.606. The normalized spacial score (nSPS) is 21.2. The van der Waals surface area contributed by atoms with Gasteiger partial charge in [0.25, 0.3) is 5.91 Å². The quantitative estimate of drug-likeness (QED) is 0.261. The average Bonchev–Trinajstić information content (AvgIpc) is 3.12. The Hall–Kier alpha value is -2.29. The molecule has 232 valence electrons. The molecule has 7 nitrogen and oxygen atoms in total. The third kappa shape index (κ3) is 7.61. The summed E-state index contributed by atoms with van der Waals surface area (Å²) in [7, 11) is -1.93. The second kappa shape index (κ2) is 14.5. The molecule has 4 rings (SSSR count).